The molecule has 2 fully saturated rings. The Morgan fingerprint density at radius 2 is 2.15 bits per heavy atom. The summed E-state index contributed by atoms with van der Waals surface area (Å²) in [6.07, 6.45) is 6.22. The standard InChI is InChI=1S/C11H14N2/c12-5-1-4-11(8-13)7-9-2-3-10(11)6-9/h9-10H,1-4,6-7H2/t9-,10+,11-/m1/s1. The van der Waals surface area contributed by atoms with E-state index in [1.165, 1.54) is 19.3 Å². The molecule has 2 rings (SSSR count). The molecule has 0 saturated heterocycles. The SMILES string of the molecule is N#CCC[C@]1(C#N)C[C@@H]2CC[C@H]1C2. The van der Waals surface area contributed by atoms with Gasteiger partial charge in [0, 0.05) is 6.42 Å². The molecular weight excluding hydrogens is 160 g/mol. The minimum atomic E-state index is -0.112. The topological polar surface area (TPSA) is 47.6 Å². The van der Waals surface area contributed by atoms with Gasteiger partial charge in [-0.2, -0.15) is 10.5 Å². The van der Waals surface area contributed by atoms with E-state index in [2.05, 4.69) is 12.1 Å². The van der Waals surface area contributed by atoms with Gasteiger partial charge >= 0.3 is 0 Å². The van der Waals surface area contributed by atoms with Crippen molar-refractivity contribution in [3.05, 3.63) is 0 Å². The van der Waals surface area contributed by atoms with Crippen molar-refractivity contribution >= 4 is 0 Å². The lowest BCUT2D eigenvalue weighted by Crippen LogP contribution is -2.25. The largest absolute Gasteiger partial charge is 0.198 e. The Kier molecular flexibility index (Phi) is 2.00. The predicted molar refractivity (Wildman–Crippen MR) is 48.3 cm³/mol. The first-order valence-corrected chi connectivity index (χ1v) is 5.09. The van der Waals surface area contributed by atoms with Crippen LogP contribution in [0, 0.1) is 39.9 Å². The van der Waals surface area contributed by atoms with Crippen molar-refractivity contribution in [2.24, 2.45) is 17.3 Å². The highest BCUT2D eigenvalue weighted by atomic mass is 14.5. The van der Waals surface area contributed by atoms with E-state index in [9.17, 15) is 5.26 Å². The van der Waals surface area contributed by atoms with Gasteiger partial charge < -0.3 is 0 Å². The Morgan fingerprint density at radius 1 is 1.31 bits per heavy atom. The maximum absolute atomic E-state index is 9.21. The number of fused-ring (bicyclic) bond motifs is 2. The van der Waals surface area contributed by atoms with Crippen LogP contribution in [0.5, 0.6) is 0 Å². The maximum atomic E-state index is 9.21. The average Bonchev–Trinajstić information content (AvgIpc) is 2.74. The minimum Gasteiger partial charge on any atom is -0.198 e. The Bertz CT molecular complexity index is 283. The Hall–Kier alpha value is -1.02. The lowest BCUT2D eigenvalue weighted by molar-refractivity contribution is 0.226. The summed E-state index contributed by atoms with van der Waals surface area (Å²) in [7, 11) is 0. The lowest BCUT2D eigenvalue weighted by atomic mass is 9.71. The van der Waals surface area contributed by atoms with Gasteiger partial charge in [-0.25, -0.2) is 0 Å². The van der Waals surface area contributed by atoms with E-state index in [1.54, 1.807) is 0 Å². The second kappa shape index (κ2) is 3.04. The molecule has 0 spiro atoms. The quantitative estimate of drug-likeness (QED) is 0.646. The van der Waals surface area contributed by atoms with Gasteiger partial charge in [0.05, 0.1) is 17.6 Å². The van der Waals surface area contributed by atoms with Crippen LogP contribution in [0.1, 0.15) is 38.5 Å². The summed E-state index contributed by atoms with van der Waals surface area (Å²) < 4.78 is 0. The van der Waals surface area contributed by atoms with Crippen molar-refractivity contribution in [2.75, 3.05) is 0 Å². The van der Waals surface area contributed by atoms with E-state index in [1.807, 2.05) is 0 Å². The van der Waals surface area contributed by atoms with Crippen LogP contribution in [-0.2, 0) is 0 Å². The molecule has 2 saturated carbocycles. The normalized spacial score (nSPS) is 41.4. The second-order valence-electron chi connectivity index (χ2n) is 4.51. The monoisotopic (exact) mass is 174 g/mol. The smallest absolute Gasteiger partial charge is 0.0693 e. The van der Waals surface area contributed by atoms with Gasteiger partial charge in [0.2, 0.25) is 0 Å². The Morgan fingerprint density at radius 3 is 2.62 bits per heavy atom. The van der Waals surface area contributed by atoms with Crippen molar-refractivity contribution in [1.29, 1.82) is 10.5 Å². The van der Waals surface area contributed by atoms with Crippen LogP contribution >= 0.6 is 0 Å². The van der Waals surface area contributed by atoms with E-state index in [-0.39, 0.29) is 5.41 Å². The molecule has 0 heterocycles. The molecule has 3 atom stereocenters. The molecular formula is C11H14N2. The zero-order valence-electron chi connectivity index (χ0n) is 7.79. The molecule has 0 aromatic heterocycles. The van der Waals surface area contributed by atoms with E-state index in [0.29, 0.717) is 12.3 Å². The van der Waals surface area contributed by atoms with Gasteiger partial charge in [-0.05, 0) is 37.5 Å². The fourth-order valence-electron chi connectivity index (χ4n) is 3.22. The minimum absolute atomic E-state index is 0.112. The van der Waals surface area contributed by atoms with Crippen LogP contribution < -0.4 is 0 Å². The van der Waals surface area contributed by atoms with E-state index in [0.717, 1.165) is 18.8 Å². The molecule has 2 bridgehead atoms. The van der Waals surface area contributed by atoms with Gasteiger partial charge in [-0.1, -0.05) is 6.42 Å². The van der Waals surface area contributed by atoms with Crippen LogP contribution in [0.25, 0.3) is 0 Å². The first-order chi connectivity index (χ1) is 6.30. The molecule has 2 aliphatic carbocycles. The zero-order valence-corrected chi connectivity index (χ0v) is 7.79. The molecule has 0 radical (unpaired) electrons. The fraction of sp³-hybridized carbons (Fsp3) is 0.818. The summed E-state index contributed by atoms with van der Waals surface area (Å²) in [6, 6.07) is 4.65. The molecule has 2 heteroatoms. The highest BCUT2D eigenvalue weighted by molar-refractivity contribution is 5.12. The number of rotatable bonds is 2. The average molecular weight is 174 g/mol. The van der Waals surface area contributed by atoms with Crippen LogP contribution in [-0.4, -0.2) is 0 Å². The first kappa shape index (κ1) is 8.57. The first-order valence-electron chi connectivity index (χ1n) is 5.09. The molecule has 0 N–H and O–H groups in total. The van der Waals surface area contributed by atoms with Crippen molar-refractivity contribution in [1.82, 2.24) is 0 Å². The second-order valence-corrected chi connectivity index (χ2v) is 4.51. The van der Waals surface area contributed by atoms with Gasteiger partial charge in [-0.15, -0.1) is 0 Å². The van der Waals surface area contributed by atoms with Crippen LogP contribution in [0.3, 0.4) is 0 Å². The molecule has 0 aromatic rings. The van der Waals surface area contributed by atoms with Crippen molar-refractivity contribution < 1.29 is 0 Å². The molecule has 2 nitrogen and oxygen atoms in total. The summed E-state index contributed by atoms with van der Waals surface area (Å²) in [5.41, 5.74) is -0.112. The zero-order chi connectivity index (χ0) is 9.31. The number of hydrogen-bond donors (Lipinski definition) is 0. The van der Waals surface area contributed by atoms with Gasteiger partial charge in [0.1, 0.15) is 0 Å². The van der Waals surface area contributed by atoms with Gasteiger partial charge in [-0.3, -0.25) is 0 Å². The highest BCUT2D eigenvalue weighted by Gasteiger charge is 2.50. The van der Waals surface area contributed by atoms with E-state index >= 15 is 0 Å². The predicted octanol–water partition coefficient (Wildman–Crippen LogP) is 2.62. The highest BCUT2D eigenvalue weighted by Crippen LogP contribution is 2.57. The third-order valence-corrected chi connectivity index (χ3v) is 3.88. The van der Waals surface area contributed by atoms with Crippen LogP contribution in [0.15, 0.2) is 0 Å². The lowest BCUT2D eigenvalue weighted by Gasteiger charge is -2.29. The maximum Gasteiger partial charge on any atom is 0.0693 e. The summed E-state index contributed by atoms with van der Waals surface area (Å²) in [5.74, 6) is 1.40. The number of nitriles is 2. The summed E-state index contributed by atoms with van der Waals surface area (Å²) in [4.78, 5) is 0. The van der Waals surface area contributed by atoms with Crippen LogP contribution in [0.2, 0.25) is 0 Å². The van der Waals surface area contributed by atoms with Crippen molar-refractivity contribution in [3.63, 3.8) is 0 Å². The van der Waals surface area contributed by atoms with Gasteiger partial charge in [0.25, 0.3) is 0 Å². The molecule has 68 valence electrons. The Labute approximate surface area is 79.2 Å². The molecule has 0 aliphatic heterocycles. The van der Waals surface area contributed by atoms with Crippen molar-refractivity contribution in [3.8, 4) is 12.1 Å². The molecule has 13 heavy (non-hydrogen) atoms. The summed E-state index contributed by atoms with van der Waals surface area (Å²) >= 11 is 0. The van der Waals surface area contributed by atoms with E-state index in [4.69, 9.17) is 5.26 Å². The molecule has 0 aromatic carbocycles. The van der Waals surface area contributed by atoms with E-state index < -0.39 is 0 Å². The number of nitrogens with zero attached hydrogens (tertiary/aromatic N) is 2. The summed E-state index contributed by atoms with van der Waals surface area (Å²) in [6.45, 7) is 0. The van der Waals surface area contributed by atoms with Crippen LogP contribution in [0.4, 0.5) is 0 Å². The Balaban J connectivity index is 2.10. The third kappa shape index (κ3) is 1.22. The van der Waals surface area contributed by atoms with Crippen molar-refractivity contribution in [2.45, 2.75) is 38.5 Å². The molecule has 0 amide bonds. The third-order valence-electron chi connectivity index (χ3n) is 3.88. The fourth-order valence-corrected chi connectivity index (χ4v) is 3.22. The summed E-state index contributed by atoms with van der Waals surface area (Å²) in [5, 5.41) is 17.8. The number of hydrogen-bond acceptors (Lipinski definition) is 2. The molecule has 0 unspecified atom stereocenters. The van der Waals surface area contributed by atoms with Gasteiger partial charge in [0.15, 0.2) is 0 Å². The molecule has 2 aliphatic rings.